The first-order chi connectivity index (χ1) is 14.5. The van der Waals surface area contributed by atoms with Gasteiger partial charge >= 0.3 is 0 Å². The highest BCUT2D eigenvalue weighted by atomic mass is 16.5. The standard InChI is InChI=1S/C23H25N3O4/c1-14-17-7-3-4-8-18(17)19-9-5-6-10-20(19)26(23(14)29)25-21(27)15(2)24-22(28)16-11-12-30-13-16/h3-10,14-16H,11-13H2,1-2H3,(H,24,28)(H,25,27)/t14?,15-,16?/m0/s1. The van der Waals surface area contributed by atoms with Gasteiger partial charge in [0, 0.05) is 12.2 Å². The van der Waals surface area contributed by atoms with E-state index in [1.54, 1.807) is 13.0 Å². The van der Waals surface area contributed by atoms with Gasteiger partial charge in [-0.15, -0.1) is 0 Å². The lowest BCUT2D eigenvalue weighted by Crippen LogP contribution is -2.54. The average Bonchev–Trinajstić information content (AvgIpc) is 3.29. The number of nitrogens with one attached hydrogen (secondary N) is 2. The highest BCUT2D eigenvalue weighted by Gasteiger charge is 2.33. The molecule has 2 N–H and O–H groups in total. The molecule has 0 saturated carbocycles. The van der Waals surface area contributed by atoms with Crippen molar-refractivity contribution in [1.29, 1.82) is 0 Å². The molecule has 3 atom stereocenters. The van der Waals surface area contributed by atoms with Crippen molar-refractivity contribution >= 4 is 23.4 Å². The van der Waals surface area contributed by atoms with E-state index in [0.29, 0.717) is 25.3 Å². The van der Waals surface area contributed by atoms with Gasteiger partial charge < -0.3 is 10.1 Å². The van der Waals surface area contributed by atoms with Gasteiger partial charge in [-0.2, -0.15) is 0 Å². The number of nitrogens with zero attached hydrogens (tertiary/aromatic N) is 1. The molecule has 2 unspecified atom stereocenters. The molecule has 0 radical (unpaired) electrons. The molecule has 2 heterocycles. The zero-order valence-electron chi connectivity index (χ0n) is 17.1. The smallest absolute Gasteiger partial charge is 0.261 e. The molecule has 1 fully saturated rings. The summed E-state index contributed by atoms with van der Waals surface area (Å²) >= 11 is 0. The first kappa shape index (κ1) is 20.1. The highest BCUT2D eigenvalue weighted by molar-refractivity contribution is 6.06. The first-order valence-corrected chi connectivity index (χ1v) is 10.2. The lowest BCUT2D eigenvalue weighted by atomic mass is 9.92. The van der Waals surface area contributed by atoms with Gasteiger partial charge in [-0.1, -0.05) is 42.5 Å². The Morgan fingerprint density at radius 1 is 1.10 bits per heavy atom. The van der Waals surface area contributed by atoms with E-state index in [4.69, 9.17) is 4.74 Å². The van der Waals surface area contributed by atoms with Crippen LogP contribution >= 0.6 is 0 Å². The average molecular weight is 407 g/mol. The largest absolute Gasteiger partial charge is 0.381 e. The maximum atomic E-state index is 13.3. The predicted molar refractivity (Wildman–Crippen MR) is 112 cm³/mol. The molecule has 0 aromatic heterocycles. The number of benzene rings is 2. The van der Waals surface area contributed by atoms with Gasteiger partial charge in [-0.05, 0) is 37.5 Å². The zero-order valence-corrected chi connectivity index (χ0v) is 17.1. The molecule has 4 rings (SSSR count). The summed E-state index contributed by atoms with van der Waals surface area (Å²) in [6, 6.07) is 14.4. The quantitative estimate of drug-likeness (QED) is 0.815. The van der Waals surface area contributed by atoms with Crippen LogP contribution in [-0.4, -0.2) is 37.0 Å². The van der Waals surface area contributed by atoms with E-state index < -0.39 is 17.9 Å². The van der Waals surface area contributed by atoms with Crippen molar-refractivity contribution < 1.29 is 19.1 Å². The van der Waals surface area contributed by atoms with Gasteiger partial charge in [-0.25, -0.2) is 5.01 Å². The predicted octanol–water partition coefficient (Wildman–Crippen LogP) is 2.38. The second-order valence-corrected chi connectivity index (χ2v) is 7.77. The molecule has 0 spiro atoms. The SMILES string of the molecule is CC1C(=O)N(NC(=O)[C@H](C)NC(=O)C2CCOC2)c2ccccc2-c2ccccc21. The Morgan fingerprint density at radius 3 is 2.53 bits per heavy atom. The Bertz CT molecular complexity index is 984. The number of para-hydroxylation sites is 1. The van der Waals surface area contributed by atoms with Crippen molar-refractivity contribution in [3.05, 3.63) is 54.1 Å². The fraction of sp³-hybridized carbons (Fsp3) is 0.348. The van der Waals surface area contributed by atoms with Gasteiger partial charge in [0.1, 0.15) is 6.04 Å². The Balaban J connectivity index is 1.58. The van der Waals surface area contributed by atoms with Crippen molar-refractivity contribution in [2.24, 2.45) is 5.92 Å². The molecule has 0 aliphatic carbocycles. The number of hydrogen-bond acceptors (Lipinski definition) is 4. The van der Waals surface area contributed by atoms with E-state index in [1.165, 1.54) is 5.01 Å². The first-order valence-electron chi connectivity index (χ1n) is 10.2. The summed E-state index contributed by atoms with van der Waals surface area (Å²) < 4.78 is 5.24. The van der Waals surface area contributed by atoms with E-state index in [-0.39, 0.29) is 17.7 Å². The minimum absolute atomic E-state index is 0.210. The Morgan fingerprint density at radius 2 is 1.80 bits per heavy atom. The summed E-state index contributed by atoms with van der Waals surface area (Å²) in [5.41, 5.74) is 6.08. The summed E-state index contributed by atoms with van der Waals surface area (Å²) in [5.74, 6) is -1.57. The van der Waals surface area contributed by atoms with Crippen LogP contribution in [0.3, 0.4) is 0 Å². The number of fused-ring (bicyclic) bond motifs is 3. The van der Waals surface area contributed by atoms with Crippen molar-refractivity contribution in [1.82, 2.24) is 10.7 Å². The number of rotatable bonds is 4. The molecule has 3 amide bonds. The van der Waals surface area contributed by atoms with Crippen LogP contribution in [0.4, 0.5) is 5.69 Å². The minimum atomic E-state index is -0.793. The maximum absolute atomic E-state index is 13.3. The monoisotopic (exact) mass is 407 g/mol. The molecule has 0 bridgehead atoms. The summed E-state index contributed by atoms with van der Waals surface area (Å²) in [6.45, 7) is 4.36. The molecule has 2 aliphatic rings. The molecule has 7 nitrogen and oxygen atoms in total. The topological polar surface area (TPSA) is 87.7 Å². The number of hydrazine groups is 1. The number of carbonyl (C=O) groups is 3. The van der Waals surface area contributed by atoms with Crippen LogP contribution in [0.25, 0.3) is 11.1 Å². The number of carbonyl (C=O) groups excluding carboxylic acids is 3. The normalized spacial score (nSPS) is 21.3. The highest BCUT2D eigenvalue weighted by Crippen LogP contribution is 2.39. The van der Waals surface area contributed by atoms with Crippen LogP contribution in [0.15, 0.2) is 48.5 Å². The summed E-state index contributed by atoms with van der Waals surface area (Å²) in [6.07, 6.45) is 0.647. The fourth-order valence-electron chi connectivity index (χ4n) is 3.92. The number of amides is 3. The summed E-state index contributed by atoms with van der Waals surface area (Å²) in [7, 11) is 0. The Kier molecular flexibility index (Phi) is 5.55. The third-order valence-corrected chi connectivity index (χ3v) is 5.73. The van der Waals surface area contributed by atoms with Crippen molar-refractivity contribution in [2.45, 2.75) is 32.2 Å². The van der Waals surface area contributed by atoms with Crippen molar-refractivity contribution in [3.8, 4) is 11.1 Å². The van der Waals surface area contributed by atoms with Crippen LogP contribution in [0.5, 0.6) is 0 Å². The third kappa shape index (κ3) is 3.68. The van der Waals surface area contributed by atoms with Crippen LogP contribution in [-0.2, 0) is 19.1 Å². The van der Waals surface area contributed by atoms with Crippen molar-refractivity contribution in [2.75, 3.05) is 18.2 Å². The second kappa shape index (κ2) is 8.28. The maximum Gasteiger partial charge on any atom is 0.261 e. The molecule has 2 aromatic carbocycles. The van der Waals surface area contributed by atoms with Gasteiger partial charge in [0.25, 0.3) is 11.8 Å². The Hall–Kier alpha value is -3.19. The number of anilines is 1. The number of hydrogen-bond donors (Lipinski definition) is 2. The molecule has 1 saturated heterocycles. The van der Waals surface area contributed by atoms with E-state index in [1.807, 2.05) is 49.4 Å². The van der Waals surface area contributed by atoms with Crippen LogP contribution in [0, 0.1) is 5.92 Å². The van der Waals surface area contributed by atoms with Gasteiger partial charge in [0.2, 0.25) is 5.91 Å². The molecule has 7 heteroatoms. The lowest BCUT2D eigenvalue weighted by Gasteiger charge is -2.27. The van der Waals surface area contributed by atoms with E-state index >= 15 is 0 Å². The lowest BCUT2D eigenvalue weighted by molar-refractivity contribution is -0.131. The van der Waals surface area contributed by atoms with Crippen LogP contribution in [0.1, 0.15) is 31.7 Å². The van der Waals surface area contributed by atoms with E-state index in [9.17, 15) is 14.4 Å². The van der Waals surface area contributed by atoms with Crippen LogP contribution < -0.4 is 15.8 Å². The second-order valence-electron chi connectivity index (χ2n) is 7.77. The van der Waals surface area contributed by atoms with E-state index in [2.05, 4.69) is 10.7 Å². The van der Waals surface area contributed by atoms with Crippen molar-refractivity contribution in [3.63, 3.8) is 0 Å². The summed E-state index contributed by atoms with van der Waals surface area (Å²) in [5, 5.41) is 4.03. The zero-order chi connectivity index (χ0) is 21.3. The summed E-state index contributed by atoms with van der Waals surface area (Å²) in [4.78, 5) is 38.4. The van der Waals surface area contributed by atoms with Gasteiger partial charge in [-0.3, -0.25) is 19.8 Å². The van der Waals surface area contributed by atoms with Gasteiger partial charge in [0.05, 0.1) is 24.1 Å². The molecule has 30 heavy (non-hydrogen) atoms. The van der Waals surface area contributed by atoms with Gasteiger partial charge in [0.15, 0.2) is 0 Å². The molecule has 2 aliphatic heterocycles. The molecular formula is C23H25N3O4. The molecule has 156 valence electrons. The molecule has 2 aromatic rings. The third-order valence-electron chi connectivity index (χ3n) is 5.73. The van der Waals surface area contributed by atoms with E-state index in [0.717, 1.165) is 16.7 Å². The van der Waals surface area contributed by atoms with Crippen LogP contribution in [0.2, 0.25) is 0 Å². The fourth-order valence-corrected chi connectivity index (χ4v) is 3.92. The minimum Gasteiger partial charge on any atom is -0.381 e. The molecular weight excluding hydrogens is 382 g/mol. The number of ether oxygens (including phenoxy) is 1. The Labute approximate surface area is 175 Å².